The summed E-state index contributed by atoms with van der Waals surface area (Å²) in [7, 11) is 0. The second kappa shape index (κ2) is 7.02. The second-order valence-electron chi connectivity index (χ2n) is 8.41. The van der Waals surface area contributed by atoms with E-state index in [-0.39, 0.29) is 11.9 Å². The van der Waals surface area contributed by atoms with E-state index in [1.54, 1.807) is 17.7 Å². The van der Waals surface area contributed by atoms with Crippen molar-refractivity contribution in [2.24, 2.45) is 17.6 Å². The van der Waals surface area contributed by atoms with Crippen LogP contribution in [-0.4, -0.2) is 40.5 Å². The number of aromatic nitrogens is 2. The van der Waals surface area contributed by atoms with Crippen molar-refractivity contribution in [3.05, 3.63) is 17.8 Å². The zero-order valence-corrected chi connectivity index (χ0v) is 16.3. The average Bonchev–Trinajstić information content (AvgIpc) is 3.31. The lowest BCUT2D eigenvalue weighted by molar-refractivity contribution is -0.124. The predicted octanol–water partition coefficient (Wildman–Crippen LogP) is 2.68. The van der Waals surface area contributed by atoms with Crippen LogP contribution in [0.3, 0.4) is 0 Å². The van der Waals surface area contributed by atoms with Gasteiger partial charge in [-0.05, 0) is 61.8 Å². The Morgan fingerprint density at radius 3 is 2.81 bits per heavy atom. The molecule has 3 N–H and O–H groups in total. The third-order valence-electron chi connectivity index (χ3n) is 6.75. The van der Waals surface area contributed by atoms with E-state index in [4.69, 9.17) is 5.73 Å². The molecule has 7 heteroatoms. The van der Waals surface area contributed by atoms with Gasteiger partial charge in [0.1, 0.15) is 23.0 Å². The highest BCUT2D eigenvalue weighted by Gasteiger charge is 2.42. The van der Waals surface area contributed by atoms with Gasteiger partial charge >= 0.3 is 0 Å². The molecule has 6 nitrogen and oxygen atoms in total. The molecule has 3 fully saturated rings. The molecule has 1 amide bonds. The fraction of sp³-hybridized carbons (Fsp3) is 0.650. The highest BCUT2D eigenvalue weighted by Crippen LogP contribution is 2.40. The summed E-state index contributed by atoms with van der Waals surface area (Å²) in [4.78, 5) is 25.3. The SMILES string of the molecule is NC1CC2CCCC(C1)C2NC(=O)C1CCCN1c1ncnc2sccc12. The molecule has 2 aromatic rings. The largest absolute Gasteiger partial charge is 0.351 e. The summed E-state index contributed by atoms with van der Waals surface area (Å²) in [6, 6.07) is 2.55. The number of thiophene rings is 1. The van der Waals surface area contributed by atoms with Gasteiger partial charge in [-0.25, -0.2) is 9.97 Å². The minimum Gasteiger partial charge on any atom is -0.351 e. The number of nitrogens with two attached hydrogens (primary N) is 1. The maximum Gasteiger partial charge on any atom is 0.242 e. The smallest absolute Gasteiger partial charge is 0.242 e. The number of fused-ring (bicyclic) bond motifs is 3. The van der Waals surface area contributed by atoms with Crippen LogP contribution in [0.2, 0.25) is 0 Å². The van der Waals surface area contributed by atoms with Gasteiger partial charge in [0, 0.05) is 18.6 Å². The Hall–Kier alpha value is -1.73. The van der Waals surface area contributed by atoms with E-state index in [1.807, 2.05) is 5.38 Å². The Kier molecular flexibility index (Phi) is 4.52. The molecule has 1 aliphatic heterocycles. The third-order valence-corrected chi connectivity index (χ3v) is 7.57. The molecule has 2 aliphatic carbocycles. The van der Waals surface area contributed by atoms with Gasteiger partial charge < -0.3 is 16.0 Å². The van der Waals surface area contributed by atoms with Gasteiger partial charge in [0.15, 0.2) is 0 Å². The Morgan fingerprint density at radius 2 is 2.00 bits per heavy atom. The monoisotopic (exact) mass is 385 g/mol. The van der Waals surface area contributed by atoms with Gasteiger partial charge in [-0.1, -0.05) is 6.42 Å². The fourth-order valence-electron chi connectivity index (χ4n) is 5.58. The van der Waals surface area contributed by atoms with E-state index in [0.29, 0.717) is 23.9 Å². The van der Waals surface area contributed by atoms with Crippen molar-refractivity contribution in [2.45, 2.75) is 63.1 Å². The lowest BCUT2D eigenvalue weighted by atomic mass is 9.67. The van der Waals surface area contributed by atoms with Gasteiger partial charge in [-0.3, -0.25) is 4.79 Å². The molecule has 3 unspecified atom stereocenters. The highest BCUT2D eigenvalue weighted by atomic mass is 32.1. The van der Waals surface area contributed by atoms with Gasteiger partial charge in [0.25, 0.3) is 0 Å². The minimum absolute atomic E-state index is 0.126. The lowest BCUT2D eigenvalue weighted by Gasteiger charge is -2.45. The summed E-state index contributed by atoms with van der Waals surface area (Å²) in [5.41, 5.74) is 6.25. The summed E-state index contributed by atoms with van der Waals surface area (Å²) in [6.45, 7) is 0.877. The van der Waals surface area contributed by atoms with E-state index in [0.717, 1.165) is 48.3 Å². The van der Waals surface area contributed by atoms with Crippen molar-refractivity contribution < 1.29 is 4.79 Å². The molecule has 2 bridgehead atoms. The van der Waals surface area contributed by atoms with Crippen molar-refractivity contribution in [2.75, 3.05) is 11.4 Å². The predicted molar refractivity (Wildman–Crippen MR) is 108 cm³/mol. The summed E-state index contributed by atoms with van der Waals surface area (Å²) < 4.78 is 0. The van der Waals surface area contributed by atoms with E-state index < -0.39 is 0 Å². The molecule has 5 rings (SSSR count). The summed E-state index contributed by atoms with van der Waals surface area (Å²) >= 11 is 1.62. The number of hydrogen-bond acceptors (Lipinski definition) is 6. The summed E-state index contributed by atoms with van der Waals surface area (Å²) in [6.07, 6.45) is 9.32. The van der Waals surface area contributed by atoms with Gasteiger partial charge in [-0.15, -0.1) is 11.3 Å². The van der Waals surface area contributed by atoms with Crippen LogP contribution in [0.5, 0.6) is 0 Å². The van der Waals surface area contributed by atoms with Crippen molar-refractivity contribution in [1.82, 2.24) is 15.3 Å². The number of rotatable bonds is 3. The molecular formula is C20H27N5OS. The van der Waals surface area contributed by atoms with E-state index in [9.17, 15) is 4.79 Å². The van der Waals surface area contributed by atoms with Crippen molar-refractivity contribution in [1.29, 1.82) is 0 Å². The van der Waals surface area contributed by atoms with Crippen LogP contribution in [0.15, 0.2) is 17.8 Å². The number of amides is 1. The zero-order valence-electron chi connectivity index (χ0n) is 15.5. The molecular weight excluding hydrogens is 358 g/mol. The van der Waals surface area contributed by atoms with Crippen LogP contribution in [0.4, 0.5) is 5.82 Å². The Morgan fingerprint density at radius 1 is 1.19 bits per heavy atom. The first kappa shape index (κ1) is 17.4. The molecule has 2 aromatic heterocycles. The molecule has 1 saturated heterocycles. The number of carbonyl (C=O) groups excluding carboxylic acids is 1. The van der Waals surface area contributed by atoms with Gasteiger partial charge in [0.2, 0.25) is 5.91 Å². The highest BCUT2D eigenvalue weighted by molar-refractivity contribution is 7.16. The van der Waals surface area contributed by atoms with Crippen LogP contribution >= 0.6 is 11.3 Å². The standard InChI is InChI=1S/C20H27N5OS/c21-14-9-12-3-1-4-13(10-14)17(12)24-19(26)16-5-2-7-25(16)18-15-6-8-27-20(15)23-11-22-18/h6,8,11-14,16-17H,1-5,7,9-10,21H2,(H,24,26). The molecule has 144 valence electrons. The van der Waals surface area contributed by atoms with Gasteiger partial charge in [-0.2, -0.15) is 0 Å². The Bertz CT molecular complexity index is 825. The van der Waals surface area contributed by atoms with Crippen LogP contribution in [0.25, 0.3) is 10.2 Å². The molecule has 3 heterocycles. The normalized spacial score (nSPS) is 33.4. The maximum atomic E-state index is 13.3. The van der Waals surface area contributed by atoms with Crippen LogP contribution < -0.4 is 16.0 Å². The minimum atomic E-state index is -0.126. The number of hydrogen-bond donors (Lipinski definition) is 2. The average molecular weight is 386 g/mol. The van der Waals surface area contributed by atoms with E-state index in [2.05, 4.69) is 26.3 Å². The van der Waals surface area contributed by atoms with Gasteiger partial charge in [0.05, 0.1) is 5.39 Å². The molecule has 3 atom stereocenters. The zero-order chi connectivity index (χ0) is 18.4. The molecule has 3 aliphatic rings. The molecule has 2 saturated carbocycles. The number of nitrogens with one attached hydrogen (secondary N) is 1. The molecule has 0 spiro atoms. The third kappa shape index (κ3) is 3.10. The lowest BCUT2D eigenvalue weighted by Crippen LogP contribution is -2.56. The molecule has 27 heavy (non-hydrogen) atoms. The summed E-state index contributed by atoms with van der Waals surface area (Å²) in [5.74, 6) is 2.18. The van der Waals surface area contributed by atoms with E-state index in [1.165, 1.54) is 19.3 Å². The maximum absolute atomic E-state index is 13.3. The summed E-state index contributed by atoms with van der Waals surface area (Å²) in [5, 5.41) is 6.55. The molecule has 0 radical (unpaired) electrons. The topological polar surface area (TPSA) is 84.1 Å². The van der Waals surface area contributed by atoms with Crippen LogP contribution in [0.1, 0.15) is 44.9 Å². The first-order valence-corrected chi connectivity index (χ1v) is 11.1. The van der Waals surface area contributed by atoms with Crippen LogP contribution in [0, 0.1) is 11.8 Å². The fourth-order valence-corrected chi connectivity index (χ4v) is 6.31. The van der Waals surface area contributed by atoms with Crippen LogP contribution in [-0.2, 0) is 4.79 Å². The molecule has 0 aromatic carbocycles. The second-order valence-corrected chi connectivity index (χ2v) is 9.30. The van der Waals surface area contributed by atoms with Crippen molar-refractivity contribution in [3.63, 3.8) is 0 Å². The number of carbonyl (C=O) groups is 1. The van der Waals surface area contributed by atoms with Crippen molar-refractivity contribution in [3.8, 4) is 0 Å². The van der Waals surface area contributed by atoms with E-state index >= 15 is 0 Å². The first-order valence-electron chi connectivity index (χ1n) is 10.2. The van der Waals surface area contributed by atoms with Crippen molar-refractivity contribution >= 4 is 33.3 Å². The Balaban J connectivity index is 1.36. The Labute approximate surface area is 163 Å². The quantitative estimate of drug-likeness (QED) is 0.849. The first-order chi connectivity index (χ1) is 13.2. The number of anilines is 1. The number of nitrogens with zero attached hydrogens (tertiary/aromatic N) is 3.